The van der Waals surface area contributed by atoms with Crippen LogP contribution >= 0.6 is 0 Å². The van der Waals surface area contributed by atoms with Crippen LogP contribution in [0.2, 0.25) is 0 Å². The number of urea groups is 1. The van der Waals surface area contributed by atoms with Crippen molar-refractivity contribution in [1.82, 2.24) is 4.90 Å². The molecule has 1 aliphatic rings. The normalized spacial score (nSPS) is 22.0. The molecule has 2 unspecified atom stereocenters. The Morgan fingerprint density at radius 3 is 2.76 bits per heavy atom. The molecule has 1 saturated heterocycles. The van der Waals surface area contributed by atoms with E-state index >= 15 is 0 Å². The quantitative estimate of drug-likeness (QED) is 0.880. The van der Waals surface area contributed by atoms with Crippen molar-refractivity contribution >= 4 is 17.7 Å². The Kier molecular flexibility index (Phi) is 4.45. The number of nitrogens with zero attached hydrogens (tertiary/aromatic N) is 1. The van der Waals surface area contributed by atoms with E-state index in [4.69, 9.17) is 5.11 Å². The van der Waals surface area contributed by atoms with E-state index in [1.165, 1.54) is 12.1 Å². The summed E-state index contributed by atoms with van der Waals surface area (Å²) in [6.45, 7) is 4.60. The zero-order valence-corrected chi connectivity index (χ0v) is 12.1. The van der Waals surface area contributed by atoms with Gasteiger partial charge in [0.15, 0.2) is 0 Å². The Balaban J connectivity index is 2.22. The van der Waals surface area contributed by atoms with Gasteiger partial charge in [-0.3, -0.25) is 0 Å². The number of carbonyl (C=O) groups excluding carboxylic acids is 1. The molecule has 0 spiro atoms. The van der Waals surface area contributed by atoms with E-state index in [2.05, 4.69) is 12.2 Å². The summed E-state index contributed by atoms with van der Waals surface area (Å²) < 4.78 is 13.8. The van der Waals surface area contributed by atoms with Crippen molar-refractivity contribution in [1.29, 1.82) is 0 Å². The van der Waals surface area contributed by atoms with Gasteiger partial charge in [-0.25, -0.2) is 14.0 Å². The topological polar surface area (TPSA) is 69.6 Å². The highest BCUT2D eigenvalue weighted by atomic mass is 19.1. The van der Waals surface area contributed by atoms with Crippen LogP contribution < -0.4 is 5.32 Å². The van der Waals surface area contributed by atoms with Gasteiger partial charge in [-0.15, -0.1) is 0 Å². The maximum atomic E-state index is 13.8. The van der Waals surface area contributed by atoms with Crippen LogP contribution in [-0.4, -0.2) is 34.6 Å². The Morgan fingerprint density at radius 1 is 1.38 bits per heavy atom. The second kappa shape index (κ2) is 6.11. The molecule has 21 heavy (non-hydrogen) atoms. The molecule has 1 heterocycles. The molecule has 0 aliphatic carbocycles. The van der Waals surface area contributed by atoms with Gasteiger partial charge in [-0.1, -0.05) is 13.0 Å². The van der Waals surface area contributed by atoms with Crippen molar-refractivity contribution in [3.63, 3.8) is 0 Å². The lowest BCUT2D eigenvalue weighted by atomic mass is 9.92. The molecule has 2 rings (SSSR count). The molecule has 0 saturated carbocycles. The molecule has 1 fully saturated rings. The second-order valence-corrected chi connectivity index (χ2v) is 5.45. The minimum atomic E-state index is -1.27. The molecule has 2 amide bonds. The number of nitrogens with one attached hydrogen (secondary N) is 1. The number of hydrogen-bond acceptors (Lipinski definition) is 2. The van der Waals surface area contributed by atoms with Crippen molar-refractivity contribution in [2.45, 2.75) is 32.7 Å². The molecule has 0 radical (unpaired) electrons. The number of benzene rings is 1. The lowest BCUT2D eigenvalue weighted by Gasteiger charge is -2.37. The number of piperidine rings is 1. The number of aromatic carboxylic acids is 1. The molecule has 1 aromatic carbocycles. The van der Waals surface area contributed by atoms with Crippen LogP contribution in [0.15, 0.2) is 18.2 Å². The van der Waals surface area contributed by atoms with Gasteiger partial charge in [0.05, 0.1) is 11.3 Å². The van der Waals surface area contributed by atoms with E-state index in [1.54, 1.807) is 4.90 Å². The zero-order chi connectivity index (χ0) is 15.6. The minimum absolute atomic E-state index is 0.0406. The summed E-state index contributed by atoms with van der Waals surface area (Å²) in [5, 5.41) is 11.5. The Hall–Kier alpha value is -2.11. The highest BCUT2D eigenvalue weighted by molar-refractivity contribution is 6.00. The molecule has 0 aromatic heterocycles. The number of carboxylic acids is 1. The SMILES string of the molecule is CC1CCCN(C(=O)Nc2c(F)cccc2C(=O)O)C1C. The summed E-state index contributed by atoms with van der Waals surface area (Å²) in [6, 6.07) is 3.29. The van der Waals surface area contributed by atoms with Gasteiger partial charge < -0.3 is 15.3 Å². The first-order valence-electron chi connectivity index (χ1n) is 7.01. The number of hydrogen-bond donors (Lipinski definition) is 2. The lowest BCUT2D eigenvalue weighted by molar-refractivity contribution is 0.0697. The van der Waals surface area contributed by atoms with E-state index < -0.39 is 17.8 Å². The number of rotatable bonds is 2. The smallest absolute Gasteiger partial charge is 0.337 e. The summed E-state index contributed by atoms with van der Waals surface area (Å²) in [7, 11) is 0. The average Bonchev–Trinajstić information content (AvgIpc) is 2.43. The van der Waals surface area contributed by atoms with Crippen molar-refractivity contribution in [3.8, 4) is 0 Å². The predicted molar refractivity (Wildman–Crippen MR) is 76.9 cm³/mol. The van der Waals surface area contributed by atoms with Gasteiger partial charge in [0, 0.05) is 12.6 Å². The van der Waals surface area contributed by atoms with Crippen LogP contribution in [0.4, 0.5) is 14.9 Å². The first-order chi connectivity index (χ1) is 9.91. The average molecular weight is 294 g/mol. The van der Waals surface area contributed by atoms with Gasteiger partial charge in [0.1, 0.15) is 5.82 Å². The van der Waals surface area contributed by atoms with Gasteiger partial charge in [0.25, 0.3) is 0 Å². The summed E-state index contributed by atoms with van der Waals surface area (Å²) in [4.78, 5) is 25.1. The van der Waals surface area contributed by atoms with Crippen molar-refractivity contribution < 1.29 is 19.1 Å². The van der Waals surface area contributed by atoms with E-state index in [-0.39, 0.29) is 17.3 Å². The van der Waals surface area contributed by atoms with Gasteiger partial charge in [-0.2, -0.15) is 0 Å². The van der Waals surface area contributed by atoms with Crippen molar-refractivity contribution in [2.24, 2.45) is 5.92 Å². The largest absolute Gasteiger partial charge is 0.478 e. The van der Waals surface area contributed by atoms with Crippen LogP contribution in [0.3, 0.4) is 0 Å². The third-order valence-electron chi connectivity index (χ3n) is 4.11. The highest BCUT2D eigenvalue weighted by Crippen LogP contribution is 2.25. The Labute approximate surface area is 122 Å². The number of carbonyl (C=O) groups is 2. The molecular formula is C15H19FN2O3. The Morgan fingerprint density at radius 2 is 2.10 bits per heavy atom. The summed E-state index contributed by atoms with van der Waals surface area (Å²) in [5.74, 6) is -1.66. The summed E-state index contributed by atoms with van der Waals surface area (Å²) in [5.41, 5.74) is -0.526. The molecule has 114 valence electrons. The molecule has 1 aliphatic heterocycles. The number of halogens is 1. The maximum absolute atomic E-state index is 13.8. The van der Waals surface area contributed by atoms with E-state index in [9.17, 15) is 14.0 Å². The van der Waals surface area contributed by atoms with Crippen LogP contribution in [0.1, 0.15) is 37.0 Å². The van der Waals surface area contributed by atoms with Crippen LogP contribution in [-0.2, 0) is 0 Å². The molecule has 1 aromatic rings. The number of carboxylic acid groups (broad SMARTS) is 1. The predicted octanol–water partition coefficient (Wildman–Crippen LogP) is 3.18. The van der Waals surface area contributed by atoms with Crippen LogP contribution in [0.25, 0.3) is 0 Å². The second-order valence-electron chi connectivity index (χ2n) is 5.45. The molecule has 2 atom stereocenters. The Bertz CT molecular complexity index is 562. The standard InChI is InChI=1S/C15H19FN2O3/c1-9-5-4-8-18(10(9)2)15(21)17-13-11(14(19)20)6-3-7-12(13)16/h3,6-7,9-10H,4-5,8H2,1-2H3,(H,17,21)(H,19,20). The first kappa shape index (κ1) is 15.3. The molecule has 0 bridgehead atoms. The number of likely N-dealkylation sites (tertiary alicyclic amines) is 1. The number of para-hydroxylation sites is 1. The van der Waals surface area contributed by atoms with E-state index in [0.29, 0.717) is 12.5 Å². The van der Waals surface area contributed by atoms with Gasteiger partial charge in [0.2, 0.25) is 0 Å². The van der Waals surface area contributed by atoms with Gasteiger partial charge >= 0.3 is 12.0 Å². The van der Waals surface area contributed by atoms with E-state index in [0.717, 1.165) is 18.9 Å². The van der Waals surface area contributed by atoms with Crippen molar-refractivity contribution in [3.05, 3.63) is 29.6 Å². The van der Waals surface area contributed by atoms with Crippen LogP contribution in [0.5, 0.6) is 0 Å². The molecule has 2 N–H and O–H groups in total. The molecule has 5 nitrogen and oxygen atoms in total. The number of anilines is 1. The zero-order valence-electron chi connectivity index (χ0n) is 12.1. The third kappa shape index (κ3) is 3.15. The fourth-order valence-electron chi connectivity index (χ4n) is 2.63. The van der Waals surface area contributed by atoms with Gasteiger partial charge in [-0.05, 0) is 37.8 Å². The lowest BCUT2D eigenvalue weighted by Crippen LogP contribution is -2.48. The molecular weight excluding hydrogens is 275 g/mol. The minimum Gasteiger partial charge on any atom is -0.478 e. The first-order valence-corrected chi connectivity index (χ1v) is 7.01. The van der Waals surface area contributed by atoms with Crippen molar-refractivity contribution in [2.75, 3.05) is 11.9 Å². The summed E-state index contributed by atoms with van der Waals surface area (Å²) >= 11 is 0. The maximum Gasteiger partial charge on any atom is 0.337 e. The van der Waals surface area contributed by atoms with E-state index in [1.807, 2.05) is 6.92 Å². The monoisotopic (exact) mass is 294 g/mol. The fraction of sp³-hybridized carbons (Fsp3) is 0.467. The number of amides is 2. The third-order valence-corrected chi connectivity index (χ3v) is 4.11. The highest BCUT2D eigenvalue weighted by Gasteiger charge is 2.29. The summed E-state index contributed by atoms with van der Waals surface area (Å²) in [6.07, 6.45) is 1.94. The fourth-order valence-corrected chi connectivity index (χ4v) is 2.63. The van der Waals surface area contributed by atoms with Crippen LogP contribution in [0, 0.1) is 11.7 Å². The molecule has 6 heteroatoms.